The number of para-hydroxylation sites is 2. The second-order valence-electron chi connectivity index (χ2n) is 5.96. The van der Waals surface area contributed by atoms with Gasteiger partial charge in [-0.3, -0.25) is 4.79 Å². The van der Waals surface area contributed by atoms with Crippen molar-refractivity contribution in [3.8, 4) is 6.07 Å². The molecule has 0 aliphatic rings. The van der Waals surface area contributed by atoms with Gasteiger partial charge in [0.15, 0.2) is 0 Å². The Hall–Kier alpha value is -3.13. The van der Waals surface area contributed by atoms with Gasteiger partial charge in [0.2, 0.25) is 5.91 Å². The van der Waals surface area contributed by atoms with E-state index in [0.717, 1.165) is 35.3 Å². The van der Waals surface area contributed by atoms with Crippen molar-refractivity contribution in [2.24, 2.45) is 0 Å². The molecule has 2 aromatic carbocycles. The molecule has 0 saturated carbocycles. The highest BCUT2D eigenvalue weighted by atomic mass is 16.1. The van der Waals surface area contributed by atoms with E-state index >= 15 is 0 Å². The summed E-state index contributed by atoms with van der Waals surface area (Å²) in [7, 11) is 0. The third kappa shape index (κ3) is 4.67. The SMILES string of the molecule is N#Cc1ccc(CCC(=O)NCCCc2nc3ccccc3[nH]2)cc1. The molecule has 3 aromatic rings. The summed E-state index contributed by atoms with van der Waals surface area (Å²) in [6.45, 7) is 0.642. The van der Waals surface area contributed by atoms with Gasteiger partial charge in [-0.15, -0.1) is 0 Å². The normalized spacial score (nSPS) is 10.5. The molecule has 2 N–H and O–H groups in total. The first-order chi connectivity index (χ1) is 12.2. The summed E-state index contributed by atoms with van der Waals surface area (Å²) in [6.07, 6.45) is 2.80. The fourth-order valence-corrected chi connectivity index (χ4v) is 2.70. The molecule has 126 valence electrons. The van der Waals surface area contributed by atoms with Crippen LogP contribution in [0.25, 0.3) is 11.0 Å². The Morgan fingerprint density at radius 3 is 2.68 bits per heavy atom. The van der Waals surface area contributed by atoms with E-state index in [1.165, 1.54) is 0 Å². The number of aromatic amines is 1. The zero-order valence-electron chi connectivity index (χ0n) is 14.0. The van der Waals surface area contributed by atoms with E-state index in [-0.39, 0.29) is 5.91 Å². The number of fused-ring (bicyclic) bond motifs is 1. The lowest BCUT2D eigenvalue weighted by molar-refractivity contribution is -0.121. The van der Waals surface area contributed by atoms with Crippen LogP contribution in [0, 0.1) is 11.3 Å². The number of aryl methyl sites for hydroxylation is 2. The van der Waals surface area contributed by atoms with Crippen LogP contribution in [0.4, 0.5) is 0 Å². The summed E-state index contributed by atoms with van der Waals surface area (Å²) in [5.74, 6) is 1.00. The molecule has 0 atom stereocenters. The molecular formula is C20H20N4O. The average molecular weight is 332 g/mol. The number of benzene rings is 2. The third-order valence-corrected chi connectivity index (χ3v) is 4.07. The Morgan fingerprint density at radius 2 is 1.92 bits per heavy atom. The Labute approximate surface area is 146 Å². The number of amides is 1. The lowest BCUT2D eigenvalue weighted by Gasteiger charge is -2.05. The van der Waals surface area contributed by atoms with E-state index in [2.05, 4.69) is 21.4 Å². The molecule has 1 aromatic heterocycles. The van der Waals surface area contributed by atoms with Gasteiger partial charge < -0.3 is 10.3 Å². The Balaban J connectivity index is 1.36. The van der Waals surface area contributed by atoms with Crippen LogP contribution in [0.15, 0.2) is 48.5 Å². The summed E-state index contributed by atoms with van der Waals surface area (Å²) in [5.41, 5.74) is 3.73. The molecule has 0 bridgehead atoms. The highest BCUT2D eigenvalue weighted by Gasteiger charge is 2.04. The maximum absolute atomic E-state index is 11.9. The van der Waals surface area contributed by atoms with Crippen LogP contribution < -0.4 is 5.32 Å². The molecule has 0 aliphatic heterocycles. The number of carbonyl (C=O) groups is 1. The number of carbonyl (C=O) groups excluding carboxylic acids is 1. The van der Waals surface area contributed by atoms with Crippen molar-refractivity contribution in [2.45, 2.75) is 25.7 Å². The van der Waals surface area contributed by atoms with Crippen molar-refractivity contribution in [1.82, 2.24) is 15.3 Å². The van der Waals surface area contributed by atoms with Crippen LogP contribution in [0.3, 0.4) is 0 Å². The van der Waals surface area contributed by atoms with E-state index in [0.29, 0.717) is 24.9 Å². The lowest BCUT2D eigenvalue weighted by atomic mass is 10.1. The molecule has 5 nitrogen and oxygen atoms in total. The maximum Gasteiger partial charge on any atom is 0.220 e. The predicted octanol–water partition coefficient (Wildman–Crippen LogP) is 3.12. The minimum Gasteiger partial charge on any atom is -0.356 e. The third-order valence-electron chi connectivity index (χ3n) is 4.07. The number of imidazole rings is 1. The van der Waals surface area contributed by atoms with Crippen molar-refractivity contribution in [2.75, 3.05) is 6.54 Å². The summed E-state index contributed by atoms with van der Waals surface area (Å²) in [6, 6.07) is 17.4. The van der Waals surface area contributed by atoms with Crippen LogP contribution in [-0.4, -0.2) is 22.4 Å². The number of H-pyrrole nitrogens is 1. The van der Waals surface area contributed by atoms with Crippen molar-refractivity contribution < 1.29 is 4.79 Å². The maximum atomic E-state index is 11.9. The Morgan fingerprint density at radius 1 is 1.12 bits per heavy atom. The van der Waals surface area contributed by atoms with Gasteiger partial charge in [-0.1, -0.05) is 24.3 Å². The Kier molecular flexibility index (Phi) is 5.43. The fourth-order valence-electron chi connectivity index (χ4n) is 2.70. The molecule has 0 saturated heterocycles. The van der Waals surface area contributed by atoms with Crippen molar-refractivity contribution in [3.63, 3.8) is 0 Å². The zero-order chi connectivity index (χ0) is 17.5. The number of nitriles is 1. The standard InChI is InChI=1S/C20H20N4O/c21-14-16-9-7-15(8-10-16)11-12-20(25)22-13-3-6-19-23-17-4-1-2-5-18(17)24-19/h1-2,4-5,7-10H,3,6,11-13H2,(H,22,25)(H,23,24). The molecule has 25 heavy (non-hydrogen) atoms. The Bertz CT molecular complexity index is 857. The van der Waals surface area contributed by atoms with Gasteiger partial charge in [-0.05, 0) is 42.7 Å². The molecule has 0 aliphatic carbocycles. The first kappa shape index (κ1) is 16.7. The molecular weight excluding hydrogens is 312 g/mol. The molecule has 1 amide bonds. The monoisotopic (exact) mass is 332 g/mol. The quantitative estimate of drug-likeness (QED) is 0.652. The molecule has 5 heteroatoms. The highest BCUT2D eigenvalue weighted by molar-refractivity contribution is 5.76. The number of hydrogen-bond donors (Lipinski definition) is 2. The van der Waals surface area contributed by atoms with Crippen LogP contribution in [0.2, 0.25) is 0 Å². The van der Waals surface area contributed by atoms with Gasteiger partial charge in [0.1, 0.15) is 5.82 Å². The lowest BCUT2D eigenvalue weighted by Crippen LogP contribution is -2.25. The van der Waals surface area contributed by atoms with Crippen molar-refractivity contribution >= 4 is 16.9 Å². The average Bonchev–Trinajstić information content (AvgIpc) is 3.07. The summed E-state index contributed by atoms with van der Waals surface area (Å²) in [4.78, 5) is 19.7. The van der Waals surface area contributed by atoms with E-state index in [1.807, 2.05) is 36.4 Å². The number of nitrogens with one attached hydrogen (secondary N) is 2. The second kappa shape index (κ2) is 8.11. The van der Waals surface area contributed by atoms with Gasteiger partial charge in [-0.25, -0.2) is 4.98 Å². The van der Waals surface area contributed by atoms with Crippen molar-refractivity contribution in [1.29, 1.82) is 5.26 Å². The van der Waals surface area contributed by atoms with Crippen LogP contribution >= 0.6 is 0 Å². The molecule has 0 radical (unpaired) electrons. The van der Waals surface area contributed by atoms with Gasteiger partial charge in [0.25, 0.3) is 0 Å². The van der Waals surface area contributed by atoms with E-state index in [1.54, 1.807) is 12.1 Å². The van der Waals surface area contributed by atoms with E-state index in [9.17, 15) is 4.79 Å². The molecule has 0 unspecified atom stereocenters. The second-order valence-corrected chi connectivity index (χ2v) is 5.96. The minimum absolute atomic E-state index is 0.0500. The van der Waals surface area contributed by atoms with E-state index in [4.69, 9.17) is 5.26 Å². The largest absolute Gasteiger partial charge is 0.356 e. The van der Waals surface area contributed by atoms with Gasteiger partial charge in [-0.2, -0.15) is 5.26 Å². The number of rotatable bonds is 7. The molecule has 0 spiro atoms. The van der Waals surface area contributed by atoms with Gasteiger partial charge >= 0.3 is 0 Å². The molecule has 0 fully saturated rings. The number of aromatic nitrogens is 2. The predicted molar refractivity (Wildman–Crippen MR) is 96.9 cm³/mol. The zero-order valence-corrected chi connectivity index (χ0v) is 14.0. The first-order valence-electron chi connectivity index (χ1n) is 8.44. The first-order valence-corrected chi connectivity index (χ1v) is 8.44. The molecule has 3 rings (SSSR count). The van der Waals surface area contributed by atoms with Crippen LogP contribution in [0.1, 0.15) is 29.8 Å². The topological polar surface area (TPSA) is 81.6 Å². The summed E-state index contributed by atoms with van der Waals surface area (Å²) >= 11 is 0. The number of nitrogens with zero attached hydrogens (tertiary/aromatic N) is 2. The van der Waals surface area contributed by atoms with Crippen LogP contribution in [-0.2, 0) is 17.6 Å². The smallest absolute Gasteiger partial charge is 0.220 e. The number of hydrogen-bond acceptors (Lipinski definition) is 3. The highest BCUT2D eigenvalue weighted by Crippen LogP contribution is 2.11. The van der Waals surface area contributed by atoms with Gasteiger partial charge in [0, 0.05) is 19.4 Å². The fraction of sp³-hybridized carbons (Fsp3) is 0.250. The van der Waals surface area contributed by atoms with Crippen LogP contribution in [0.5, 0.6) is 0 Å². The molecule has 1 heterocycles. The van der Waals surface area contributed by atoms with Crippen molar-refractivity contribution in [3.05, 3.63) is 65.5 Å². The van der Waals surface area contributed by atoms with Gasteiger partial charge in [0.05, 0.1) is 22.7 Å². The van der Waals surface area contributed by atoms with E-state index < -0.39 is 0 Å². The minimum atomic E-state index is 0.0500. The summed E-state index contributed by atoms with van der Waals surface area (Å²) < 4.78 is 0. The summed E-state index contributed by atoms with van der Waals surface area (Å²) in [5, 5.41) is 11.7.